The molecule has 0 bridgehead atoms. The van der Waals surface area contributed by atoms with Gasteiger partial charge in [-0.25, -0.2) is 4.98 Å². The molecule has 1 saturated carbocycles. The van der Waals surface area contributed by atoms with Crippen LogP contribution in [0.15, 0.2) is 23.4 Å². The molecule has 1 fully saturated rings. The first-order valence-corrected chi connectivity index (χ1v) is 8.24. The number of benzene rings is 1. The van der Waals surface area contributed by atoms with E-state index in [0.29, 0.717) is 16.4 Å². The molecule has 1 N–H and O–H groups in total. The van der Waals surface area contributed by atoms with E-state index in [1.807, 2.05) is 18.2 Å². The molecule has 1 aliphatic rings. The highest BCUT2D eigenvalue weighted by Gasteiger charge is 2.45. The van der Waals surface area contributed by atoms with E-state index in [1.165, 1.54) is 18.2 Å². The van der Waals surface area contributed by atoms with E-state index >= 15 is 0 Å². The van der Waals surface area contributed by atoms with Crippen LogP contribution in [0.5, 0.6) is 0 Å². The molecule has 0 saturated heterocycles. The van der Waals surface area contributed by atoms with Crippen molar-refractivity contribution in [3.05, 3.63) is 23.2 Å². The van der Waals surface area contributed by atoms with Gasteiger partial charge in [0.1, 0.15) is 0 Å². The number of nitrogens with zero attached hydrogens (tertiary/aromatic N) is 2. The first-order valence-electron chi connectivity index (χ1n) is 6.88. The van der Waals surface area contributed by atoms with E-state index in [0.717, 1.165) is 22.7 Å². The molecule has 0 aliphatic heterocycles. The number of carboxylic acids is 1. The number of fused-ring (bicyclic) bond motifs is 1. The fourth-order valence-electron chi connectivity index (χ4n) is 2.63. The second-order valence-electron chi connectivity index (χ2n) is 6.18. The van der Waals surface area contributed by atoms with Crippen molar-refractivity contribution in [2.24, 2.45) is 11.3 Å². The van der Waals surface area contributed by atoms with Crippen LogP contribution in [0, 0.1) is 11.3 Å². The van der Waals surface area contributed by atoms with Crippen molar-refractivity contribution in [3.8, 4) is 0 Å². The topological polar surface area (TPSA) is 55.1 Å². The minimum absolute atomic E-state index is 0.00893. The van der Waals surface area contributed by atoms with Crippen LogP contribution in [-0.2, 0) is 11.3 Å². The van der Waals surface area contributed by atoms with Gasteiger partial charge in [-0.05, 0) is 29.9 Å². The number of rotatable bonds is 5. The molecule has 0 spiro atoms. The molecule has 3 rings (SSSR count). The van der Waals surface area contributed by atoms with Gasteiger partial charge in [0.25, 0.3) is 0 Å². The Hall–Kier alpha value is -1.20. The number of aliphatic carboxylic acids is 1. The van der Waals surface area contributed by atoms with Gasteiger partial charge in [-0.2, -0.15) is 0 Å². The number of carboxylic acid groups (broad SMARTS) is 1. The quantitative estimate of drug-likeness (QED) is 0.847. The number of carbonyl (C=O) groups is 1. The summed E-state index contributed by atoms with van der Waals surface area (Å²) in [6.07, 6.45) is 1.18. The molecule has 1 aromatic carbocycles. The fraction of sp³-hybridized carbons (Fsp3) is 0.467. The number of thioether (sulfide) groups is 1. The summed E-state index contributed by atoms with van der Waals surface area (Å²) in [5.41, 5.74) is 2.09. The van der Waals surface area contributed by atoms with Gasteiger partial charge >= 0.3 is 5.97 Å². The van der Waals surface area contributed by atoms with Crippen LogP contribution in [0.4, 0.5) is 0 Å². The third kappa shape index (κ3) is 2.90. The average Bonchev–Trinajstić information content (AvgIpc) is 2.84. The summed E-state index contributed by atoms with van der Waals surface area (Å²) in [7, 11) is 0. The Morgan fingerprint density at radius 1 is 1.57 bits per heavy atom. The maximum absolute atomic E-state index is 10.8. The van der Waals surface area contributed by atoms with Gasteiger partial charge in [0.05, 0.1) is 21.8 Å². The minimum atomic E-state index is -0.837. The van der Waals surface area contributed by atoms with E-state index in [9.17, 15) is 4.79 Å². The van der Waals surface area contributed by atoms with Gasteiger partial charge in [-0.1, -0.05) is 43.3 Å². The zero-order valence-electron chi connectivity index (χ0n) is 12.0. The summed E-state index contributed by atoms with van der Waals surface area (Å²) >= 11 is 7.58. The van der Waals surface area contributed by atoms with Crippen molar-refractivity contribution in [2.45, 2.75) is 32.0 Å². The van der Waals surface area contributed by atoms with Crippen LogP contribution in [0.25, 0.3) is 11.0 Å². The molecule has 1 heterocycles. The summed E-state index contributed by atoms with van der Waals surface area (Å²) < 4.78 is 2.09. The van der Waals surface area contributed by atoms with Crippen LogP contribution in [0.3, 0.4) is 0 Å². The lowest BCUT2D eigenvalue weighted by molar-refractivity contribution is -0.133. The lowest BCUT2D eigenvalue weighted by Gasteiger charge is -2.10. The Bertz CT molecular complexity index is 711. The first kappa shape index (κ1) is 14.7. The highest BCUT2D eigenvalue weighted by atomic mass is 35.5. The number of imidazole rings is 1. The molecule has 0 amide bonds. The molecule has 1 atom stereocenters. The van der Waals surface area contributed by atoms with Gasteiger partial charge in [0.15, 0.2) is 5.16 Å². The van der Waals surface area contributed by atoms with Crippen LogP contribution in [-0.4, -0.2) is 26.4 Å². The lowest BCUT2D eigenvalue weighted by Crippen LogP contribution is -2.07. The Balaban J connectivity index is 2.00. The SMILES string of the molecule is CC1(C)CC1Cn1c(SCC(=O)O)nc2cccc(Cl)c21. The lowest BCUT2D eigenvalue weighted by atomic mass is 10.1. The normalized spacial score (nSPS) is 19.9. The van der Waals surface area contributed by atoms with Crippen LogP contribution >= 0.6 is 23.4 Å². The number of halogens is 1. The largest absolute Gasteiger partial charge is 0.481 e. The highest BCUT2D eigenvalue weighted by molar-refractivity contribution is 7.99. The Kier molecular flexibility index (Phi) is 3.66. The molecule has 4 nitrogen and oxygen atoms in total. The van der Waals surface area contributed by atoms with Gasteiger partial charge in [0, 0.05) is 6.54 Å². The average molecular weight is 325 g/mol. The van der Waals surface area contributed by atoms with E-state index in [-0.39, 0.29) is 5.75 Å². The molecule has 21 heavy (non-hydrogen) atoms. The number of para-hydroxylation sites is 1. The second-order valence-corrected chi connectivity index (χ2v) is 7.53. The maximum Gasteiger partial charge on any atom is 0.313 e. The Morgan fingerprint density at radius 3 is 2.90 bits per heavy atom. The summed E-state index contributed by atoms with van der Waals surface area (Å²) in [4.78, 5) is 15.4. The van der Waals surface area contributed by atoms with Crippen molar-refractivity contribution in [1.82, 2.24) is 9.55 Å². The Labute approximate surface area is 132 Å². The minimum Gasteiger partial charge on any atom is -0.481 e. The smallest absolute Gasteiger partial charge is 0.313 e. The summed E-state index contributed by atoms with van der Waals surface area (Å²) in [5.74, 6) is -0.235. The Morgan fingerprint density at radius 2 is 2.29 bits per heavy atom. The zero-order chi connectivity index (χ0) is 15.2. The summed E-state index contributed by atoms with van der Waals surface area (Å²) in [5, 5.41) is 10.3. The zero-order valence-corrected chi connectivity index (χ0v) is 13.5. The molecular formula is C15H17ClN2O2S. The standard InChI is InChI=1S/C15H17ClN2O2S/c1-15(2)6-9(15)7-18-13-10(16)4-3-5-11(13)17-14(18)21-8-12(19)20/h3-5,9H,6-8H2,1-2H3,(H,19,20). The van der Waals surface area contributed by atoms with Gasteiger partial charge in [-0.15, -0.1) is 0 Å². The first-order chi connectivity index (χ1) is 9.88. The molecule has 6 heteroatoms. The molecule has 0 radical (unpaired) electrons. The molecule has 1 aliphatic carbocycles. The number of aromatic nitrogens is 2. The van der Waals surface area contributed by atoms with Gasteiger partial charge in [0.2, 0.25) is 0 Å². The summed E-state index contributed by atoms with van der Waals surface area (Å²) in [6, 6.07) is 5.64. The van der Waals surface area contributed by atoms with Crippen molar-refractivity contribution in [3.63, 3.8) is 0 Å². The van der Waals surface area contributed by atoms with E-state index in [4.69, 9.17) is 16.7 Å². The fourth-order valence-corrected chi connectivity index (χ4v) is 3.64. The molecule has 2 aromatic rings. The maximum atomic E-state index is 10.8. The van der Waals surface area contributed by atoms with Gasteiger partial charge in [-0.3, -0.25) is 4.79 Å². The molecule has 112 valence electrons. The predicted molar refractivity (Wildman–Crippen MR) is 85.0 cm³/mol. The van der Waals surface area contributed by atoms with E-state index in [1.54, 1.807) is 0 Å². The van der Waals surface area contributed by atoms with E-state index < -0.39 is 5.97 Å². The van der Waals surface area contributed by atoms with Crippen molar-refractivity contribution in [1.29, 1.82) is 0 Å². The van der Waals surface area contributed by atoms with Crippen LogP contribution in [0.2, 0.25) is 5.02 Å². The van der Waals surface area contributed by atoms with Crippen molar-refractivity contribution < 1.29 is 9.90 Å². The van der Waals surface area contributed by atoms with Crippen molar-refractivity contribution in [2.75, 3.05) is 5.75 Å². The molecular weight excluding hydrogens is 308 g/mol. The monoisotopic (exact) mass is 324 g/mol. The molecule has 1 unspecified atom stereocenters. The third-order valence-electron chi connectivity index (χ3n) is 4.13. The summed E-state index contributed by atoms with van der Waals surface area (Å²) in [6.45, 7) is 5.35. The number of hydrogen-bond donors (Lipinski definition) is 1. The second kappa shape index (κ2) is 5.21. The van der Waals surface area contributed by atoms with Crippen LogP contribution < -0.4 is 0 Å². The highest BCUT2D eigenvalue weighted by Crippen LogP contribution is 2.53. The number of hydrogen-bond acceptors (Lipinski definition) is 3. The predicted octanol–water partition coefficient (Wildman–Crippen LogP) is 3.91. The van der Waals surface area contributed by atoms with E-state index in [2.05, 4.69) is 23.4 Å². The third-order valence-corrected chi connectivity index (χ3v) is 5.39. The molecule has 1 aromatic heterocycles. The van der Waals surface area contributed by atoms with Crippen LogP contribution in [0.1, 0.15) is 20.3 Å². The van der Waals surface area contributed by atoms with Gasteiger partial charge < -0.3 is 9.67 Å². The van der Waals surface area contributed by atoms with Crippen molar-refractivity contribution >= 4 is 40.4 Å².